The molecule has 0 radical (unpaired) electrons. The summed E-state index contributed by atoms with van der Waals surface area (Å²) in [6, 6.07) is 20.9. The Hall–Kier alpha value is -3.51. The summed E-state index contributed by atoms with van der Waals surface area (Å²) in [6.45, 7) is 0.519. The van der Waals surface area contributed by atoms with Crippen molar-refractivity contribution in [1.29, 1.82) is 0 Å². The van der Waals surface area contributed by atoms with Gasteiger partial charge >= 0.3 is 0 Å². The topological polar surface area (TPSA) is 76.5 Å². The molecule has 0 spiro atoms. The van der Waals surface area contributed by atoms with Crippen LogP contribution in [0.15, 0.2) is 73.1 Å². The van der Waals surface area contributed by atoms with E-state index in [0.717, 1.165) is 17.0 Å². The second kappa shape index (κ2) is 9.12. The number of fused-ring (bicyclic) bond motifs is 1. The van der Waals surface area contributed by atoms with Gasteiger partial charge in [0.1, 0.15) is 24.5 Å². The summed E-state index contributed by atoms with van der Waals surface area (Å²) >= 11 is 0. The zero-order valence-electron chi connectivity index (χ0n) is 15.7. The summed E-state index contributed by atoms with van der Waals surface area (Å²) in [6.07, 6.45) is 1.47. The summed E-state index contributed by atoms with van der Waals surface area (Å²) in [5, 5.41) is 14.0. The highest BCUT2D eigenvalue weighted by atomic mass is 35.5. The fraction of sp³-hybridized carbons (Fsp3) is 0.0909. The van der Waals surface area contributed by atoms with Gasteiger partial charge in [0.15, 0.2) is 11.5 Å². The number of benzene rings is 3. The van der Waals surface area contributed by atoms with Crippen molar-refractivity contribution in [3.8, 4) is 17.2 Å². The second-order valence-corrected chi connectivity index (χ2v) is 6.19. The van der Waals surface area contributed by atoms with E-state index in [1.54, 1.807) is 12.1 Å². The van der Waals surface area contributed by atoms with Crippen molar-refractivity contribution in [1.82, 2.24) is 9.97 Å². The Kier molecular flexibility index (Phi) is 6.36. The van der Waals surface area contributed by atoms with Crippen molar-refractivity contribution in [3.05, 3.63) is 78.6 Å². The molecule has 0 aliphatic rings. The lowest BCUT2D eigenvalue weighted by atomic mass is 10.2. The molecule has 2 N–H and O–H groups in total. The predicted molar refractivity (Wildman–Crippen MR) is 116 cm³/mol. The molecule has 6 nitrogen and oxygen atoms in total. The summed E-state index contributed by atoms with van der Waals surface area (Å²) in [5.74, 6) is 1.79. The maximum atomic E-state index is 10.1. The zero-order chi connectivity index (χ0) is 19.3. The average Bonchev–Trinajstić information content (AvgIpc) is 2.74. The smallest absolute Gasteiger partial charge is 0.162 e. The third kappa shape index (κ3) is 4.67. The van der Waals surface area contributed by atoms with Gasteiger partial charge < -0.3 is 19.9 Å². The number of methoxy groups -OCH3 is 1. The van der Waals surface area contributed by atoms with Crippen LogP contribution in [0.2, 0.25) is 0 Å². The fourth-order valence-corrected chi connectivity index (χ4v) is 2.85. The first-order valence-corrected chi connectivity index (χ1v) is 8.78. The number of aromatic nitrogens is 2. The first-order chi connectivity index (χ1) is 13.7. The lowest BCUT2D eigenvalue weighted by Gasteiger charge is -2.11. The third-order valence-corrected chi connectivity index (χ3v) is 4.30. The minimum absolute atomic E-state index is 0. The van der Waals surface area contributed by atoms with Crippen LogP contribution in [-0.4, -0.2) is 22.2 Å². The van der Waals surface area contributed by atoms with E-state index < -0.39 is 0 Å². The molecule has 7 heteroatoms. The molecule has 148 valence electrons. The van der Waals surface area contributed by atoms with Crippen LogP contribution in [0.1, 0.15) is 5.56 Å². The van der Waals surface area contributed by atoms with E-state index in [2.05, 4.69) is 15.3 Å². The molecule has 1 heterocycles. The zero-order valence-corrected chi connectivity index (χ0v) is 16.5. The van der Waals surface area contributed by atoms with E-state index >= 15 is 0 Å². The Morgan fingerprint density at radius 1 is 0.966 bits per heavy atom. The molecular formula is C22H20ClN3O3. The van der Waals surface area contributed by atoms with E-state index in [0.29, 0.717) is 29.1 Å². The maximum Gasteiger partial charge on any atom is 0.162 e. The first-order valence-electron chi connectivity index (χ1n) is 8.78. The predicted octanol–water partition coefficient (Wildman–Crippen LogP) is 5.09. The van der Waals surface area contributed by atoms with Gasteiger partial charge in [0, 0.05) is 17.1 Å². The van der Waals surface area contributed by atoms with Crippen molar-refractivity contribution < 1.29 is 14.6 Å². The standard InChI is InChI=1S/C22H19N3O3.ClH/c1-27-21-12-19-18(11-20(21)26)22(24-14-23-19)25-16-7-9-17(10-8-16)28-13-15-5-3-2-4-6-15;/h2-12,14,26H,13H2,1H3,(H,23,24,25);1H. The first kappa shape index (κ1) is 20.2. The van der Waals surface area contributed by atoms with Crippen LogP contribution in [0.25, 0.3) is 10.9 Å². The summed E-state index contributed by atoms with van der Waals surface area (Å²) in [4.78, 5) is 8.53. The summed E-state index contributed by atoms with van der Waals surface area (Å²) in [5.41, 5.74) is 2.64. The van der Waals surface area contributed by atoms with Gasteiger partial charge in [-0.1, -0.05) is 30.3 Å². The van der Waals surface area contributed by atoms with Gasteiger partial charge in [0.05, 0.1) is 12.6 Å². The van der Waals surface area contributed by atoms with Gasteiger partial charge in [-0.25, -0.2) is 9.97 Å². The average molecular weight is 410 g/mol. The Labute approximate surface area is 174 Å². The van der Waals surface area contributed by atoms with Gasteiger partial charge in [-0.3, -0.25) is 0 Å². The quantitative estimate of drug-likeness (QED) is 0.462. The fourth-order valence-electron chi connectivity index (χ4n) is 2.85. The van der Waals surface area contributed by atoms with Crippen molar-refractivity contribution in [2.75, 3.05) is 12.4 Å². The number of hydrogen-bond acceptors (Lipinski definition) is 6. The normalized spacial score (nSPS) is 10.2. The monoisotopic (exact) mass is 409 g/mol. The summed E-state index contributed by atoms with van der Waals surface area (Å²) < 4.78 is 10.9. The van der Waals surface area contributed by atoms with Crippen molar-refractivity contribution >= 4 is 34.8 Å². The van der Waals surface area contributed by atoms with Crippen LogP contribution in [0.3, 0.4) is 0 Å². The van der Waals surface area contributed by atoms with Gasteiger partial charge in [-0.15, -0.1) is 12.4 Å². The molecule has 4 aromatic rings. The van der Waals surface area contributed by atoms with Gasteiger partial charge in [-0.2, -0.15) is 0 Å². The van der Waals surface area contributed by atoms with Crippen LogP contribution in [0.5, 0.6) is 17.2 Å². The molecule has 3 aromatic carbocycles. The number of halogens is 1. The summed E-state index contributed by atoms with van der Waals surface area (Å²) in [7, 11) is 1.50. The van der Waals surface area contributed by atoms with E-state index in [-0.39, 0.29) is 18.2 Å². The number of anilines is 2. The van der Waals surface area contributed by atoms with Gasteiger partial charge in [0.2, 0.25) is 0 Å². The largest absolute Gasteiger partial charge is 0.504 e. The lowest BCUT2D eigenvalue weighted by Crippen LogP contribution is -1.98. The van der Waals surface area contributed by atoms with Crippen LogP contribution in [0.4, 0.5) is 11.5 Å². The minimum Gasteiger partial charge on any atom is -0.504 e. The third-order valence-electron chi connectivity index (χ3n) is 4.30. The van der Waals surface area contributed by atoms with Crippen molar-refractivity contribution in [2.45, 2.75) is 6.61 Å². The molecule has 0 aliphatic carbocycles. The van der Waals surface area contributed by atoms with Gasteiger partial charge in [0.25, 0.3) is 0 Å². The molecule has 0 unspecified atom stereocenters. The number of aromatic hydroxyl groups is 1. The van der Waals surface area contributed by atoms with E-state index in [9.17, 15) is 5.11 Å². The molecular weight excluding hydrogens is 390 g/mol. The number of nitrogens with zero attached hydrogens (tertiary/aromatic N) is 2. The van der Waals surface area contributed by atoms with Crippen LogP contribution >= 0.6 is 12.4 Å². The van der Waals surface area contributed by atoms with Crippen molar-refractivity contribution in [2.24, 2.45) is 0 Å². The molecule has 0 saturated heterocycles. The van der Waals surface area contributed by atoms with Crippen LogP contribution in [0, 0.1) is 0 Å². The van der Waals surface area contributed by atoms with Crippen molar-refractivity contribution in [3.63, 3.8) is 0 Å². The number of hydrogen-bond donors (Lipinski definition) is 2. The highest BCUT2D eigenvalue weighted by molar-refractivity contribution is 5.92. The van der Waals surface area contributed by atoms with E-state index in [4.69, 9.17) is 9.47 Å². The molecule has 1 aromatic heterocycles. The van der Waals surface area contributed by atoms with Crippen LogP contribution < -0.4 is 14.8 Å². The molecule has 0 aliphatic heterocycles. The molecule has 0 saturated carbocycles. The number of phenolic OH excluding ortho intramolecular Hbond substituents is 1. The lowest BCUT2D eigenvalue weighted by molar-refractivity contribution is 0.306. The number of ether oxygens (including phenoxy) is 2. The number of rotatable bonds is 6. The Morgan fingerprint density at radius 3 is 2.45 bits per heavy atom. The highest BCUT2D eigenvalue weighted by Gasteiger charge is 2.10. The second-order valence-electron chi connectivity index (χ2n) is 6.19. The Bertz CT molecular complexity index is 1090. The SMILES string of the molecule is COc1cc2ncnc(Nc3ccc(OCc4ccccc4)cc3)c2cc1O.Cl. The minimum atomic E-state index is 0. The number of nitrogens with one attached hydrogen (secondary N) is 1. The molecule has 0 fully saturated rings. The Morgan fingerprint density at radius 2 is 1.72 bits per heavy atom. The molecule has 0 atom stereocenters. The Balaban J connectivity index is 0.00000240. The van der Waals surface area contributed by atoms with E-state index in [1.165, 1.54) is 13.4 Å². The molecule has 4 rings (SSSR count). The molecule has 29 heavy (non-hydrogen) atoms. The molecule has 0 amide bonds. The number of phenols is 1. The van der Waals surface area contributed by atoms with Crippen LogP contribution in [-0.2, 0) is 6.61 Å². The maximum absolute atomic E-state index is 10.1. The van der Waals surface area contributed by atoms with Gasteiger partial charge in [-0.05, 0) is 35.9 Å². The molecule has 0 bridgehead atoms. The highest BCUT2D eigenvalue weighted by Crippen LogP contribution is 2.33. The van der Waals surface area contributed by atoms with E-state index in [1.807, 2.05) is 54.6 Å².